The number of rotatable bonds is 21. The molecule has 0 saturated carbocycles. The lowest BCUT2D eigenvalue weighted by atomic mass is 9.99. The van der Waals surface area contributed by atoms with E-state index < -0.39 is 49.5 Å². The molecule has 1 aliphatic heterocycles. The molecule has 0 aromatic rings. The van der Waals surface area contributed by atoms with Gasteiger partial charge in [-0.2, -0.15) is 0 Å². The quantitative estimate of drug-likeness (QED) is 0.0896. The summed E-state index contributed by atoms with van der Waals surface area (Å²) in [7, 11) is 0. The van der Waals surface area contributed by atoms with Crippen LogP contribution in [0.15, 0.2) is 60.8 Å². The third-order valence-corrected chi connectivity index (χ3v) is 6.61. The van der Waals surface area contributed by atoms with E-state index in [4.69, 9.17) is 9.47 Å². The summed E-state index contributed by atoms with van der Waals surface area (Å²) in [5, 5.41) is 53.1. The monoisotopic (exact) mass is 579 g/mol. The Kier molecular flexibility index (Phi) is 21.1. The Labute approximate surface area is 246 Å². The molecule has 0 aromatic heterocycles. The molecule has 9 nitrogen and oxygen atoms in total. The first-order valence-corrected chi connectivity index (χ1v) is 15.0. The summed E-state index contributed by atoms with van der Waals surface area (Å²) in [5.74, 6) is -0.270. The molecule has 41 heavy (non-hydrogen) atoms. The fourth-order valence-electron chi connectivity index (χ4n) is 4.10. The van der Waals surface area contributed by atoms with Crippen molar-refractivity contribution in [3.8, 4) is 0 Å². The van der Waals surface area contributed by atoms with Crippen molar-refractivity contribution < 1.29 is 39.8 Å². The van der Waals surface area contributed by atoms with E-state index in [0.717, 1.165) is 51.4 Å². The minimum Gasteiger partial charge on any atom is -0.394 e. The molecule has 1 heterocycles. The molecule has 7 atom stereocenters. The van der Waals surface area contributed by atoms with Crippen LogP contribution in [-0.2, 0) is 14.3 Å². The van der Waals surface area contributed by atoms with Crippen molar-refractivity contribution in [2.75, 3.05) is 13.2 Å². The molecule has 9 heteroatoms. The fourth-order valence-corrected chi connectivity index (χ4v) is 4.10. The molecule has 1 aliphatic rings. The number of carbonyl (C=O) groups is 1. The van der Waals surface area contributed by atoms with Crippen LogP contribution in [0.3, 0.4) is 0 Å². The summed E-state index contributed by atoms with van der Waals surface area (Å²) in [6, 6.07) is -0.838. The number of unbranched alkanes of at least 4 members (excludes halogenated alkanes) is 3. The van der Waals surface area contributed by atoms with Gasteiger partial charge in [-0.05, 0) is 44.9 Å². The maximum absolute atomic E-state index is 12.6. The molecule has 1 amide bonds. The molecule has 234 valence electrons. The van der Waals surface area contributed by atoms with Crippen LogP contribution in [-0.4, -0.2) is 87.5 Å². The van der Waals surface area contributed by atoms with Crippen LogP contribution in [0.5, 0.6) is 0 Å². The highest BCUT2D eigenvalue weighted by Crippen LogP contribution is 2.22. The summed E-state index contributed by atoms with van der Waals surface area (Å²) in [6.45, 7) is 3.43. The molecule has 0 radical (unpaired) electrons. The van der Waals surface area contributed by atoms with Gasteiger partial charge in [0.05, 0.1) is 25.4 Å². The number of carbonyl (C=O) groups excluding carboxylic acids is 1. The Morgan fingerprint density at radius 2 is 1.49 bits per heavy atom. The highest BCUT2D eigenvalue weighted by Gasteiger charge is 2.44. The first-order chi connectivity index (χ1) is 19.8. The first kappa shape index (κ1) is 36.9. The summed E-state index contributed by atoms with van der Waals surface area (Å²) < 4.78 is 11.0. The van der Waals surface area contributed by atoms with Crippen LogP contribution < -0.4 is 5.32 Å². The van der Waals surface area contributed by atoms with Gasteiger partial charge in [-0.25, -0.2) is 0 Å². The van der Waals surface area contributed by atoms with Gasteiger partial charge in [-0.1, -0.05) is 87.4 Å². The minimum absolute atomic E-state index is 0.220. The average molecular weight is 580 g/mol. The number of aliphatic hydroxyl groups excluding tert-OH is 5. The summed E-state index contributed by atoms with van der Waals surface area (Å²) in [4.78, 5) is 12.6. The molecule has 0 aromatic carbocycles. The normalized spacial score (nSPS) is 25.3. The van der Waals surface area contributed by atoms with E-state index in [1.54, 1.807) is 6.08 Å². The van der Waals surface area contributed by atoms with E-state index in [2.05, 4.69) is 55.6 Å². The van der Waals surface area contributed by atoms with Crippen LogP contribution in [0, 0.1) is 0 Å². The van der Waals surface area contributed by atoms with Gasteiger partial charge in [0.1, 0.15) is 24.4 Å². The first-order valence-electron chi connectivity index (χ1n) is 15.0. The molecule has 1 saturated heterocycles. The highest BCUT2D eigenvalue weighted by atomic mass is 16.7. The zero-order valence-electron chi connectivity index (χ0n) is 24.8. The fraction of sp³-hybridized carbons (Fsp3) is 0.656. The van der Waals surface area contributed by atoms with Crippen molar-refractivity contribution in [3.63, 3.8) is 0 Å². The third kappa shape index (κ3) is 16.2. The van der Waals surface area contributed by atoms with Crippen molar-refractivity contribution in [1.29, 1.82) is 0 Å². The van der Waals surface area contributed by atoms with Gasteiger partial charge < -0.3 is 40.3 Å². The molecular formula is C32H53NO8. The number of ether oxygens (including phenoxy) is 2. The number of aliphatic hydroxyl groups is 5. The van der Waals surface area contributed by atoms with Crippen molar-refractivity contribution >= 4 is 5.91 Å². The Balaban J connectivity index is 2.57. The van der Waals surface area contributed by atoms with Crippen molar-refractivity contribution in [3.05, 3.63) is 60.8 Å². The molecule has 0 bridgehead atoms. The van der Waals surface area contributed by atoms with Gasteiger partial charge in [-0.15, -0.1) is 0 Å². The second-order valence-electron chi connectivity index (χ2n) is 10.2. The van der Waals surface area contributed by atoms with Crippen molar-refractivity contribution in [2.45, 2.75) is 121 Å². The van der Waals surface area contributed by atoms with E-state index in [1.165, 1.54) is 0 Å². The minimum atomic E-state index is -1.58. The largest absolute Gasteiger partial charge is 0.394 e. The van der Waals surface area contributed by atoms with Gasteiger partial charge >= 0.3 is 0 Å². The number of amides is 1. The van der Waals surface area contributed by atoms with Crippen LogP contribution in [0.1, 0.15) is 78.1 Å². The Morgan fingerprint density at radius 1 is 0.854 bits per heavy atom. The summed E-state index contributed by atoms with van der Waals surface area (Å²) in [5.41, 5.74) is 0. The van der Waals surface area contributed by atoms with Crippen LogP contribution in [0.2, 0.25) is 0 Å². The van der Waals surface area contributed by atoms with Gasteiger partial charge in [0.2, 0.25) is 5.91 Å². The number of hydrogen-bond acceptors (Lipinski definition) is 8. The second kappa shape index (κ2) is 23.5. The standard InChI is InChI=1S/C32H53NO8/c1-3-5-7-9-10-11-12-13-14-15-16-18-20-22-28(36)33-25(26(35)21-19-17-8-6-4-2)24-40-32-31(39)30(38)29(37)27(23-34)41-32/h5,7,10-11,13-14,16,18-19,21,25-27,29-32,34-35,37-39H,3-4,6,8-9,12,15,17,20,22-24H2,1-2H3,(H,33,36)/b7-5-,11-10-,14-13-,18-16-,21-19+. The van der Waals surface area contributed by atoms with Crippen LogP contribution in [0.4, 0.5) is 0 Å². The number of nitrogens with one attached hydrogen (secondary N) is 1. The van der Waals surface area contributed by atoms with Gasteiger partial charge in [0.15, 0.2) is 6.29 Å². The molecule has 0 spiro atoms. The lowest BCUT2D eigenvalue weighted by Crippen LogP contribution is -2.60. The maximum atomic E-state index is 12.6. The Bertz CT molecular complexity index is 823. The van der Waals surface area contributed by atoms with Crippen LogP contribution >= 0.6 is 0 Å². The van der Waals surface area contributed by atoms with E-state index in [0.29, 0.717) is 6.42 Å². The predicted octanol–water partition coefficient (Wildman–Crippen LogP) is 3.37. The zero-order valence-corrected chi connectivity index (χ0v) is 24.8. The van der Waals surface area contributed by atoms with Gasteiger partial charge in [0.25, 0.3) is 0 Å². The number of hydrogen-bond donors (Lipinski definition) is 6. The van der Waals surface area contributed by atoms with Gasteiger partial charge in [-0.3, -0.25) is 4.79 Å². The summed E-state index contributed by atoms with van der Waals surface area (Å²) in [6.07, 6.45) is 20.4. The predicted molar refractivity (Wildman–Crippen MR) is 161 cm³/mol. The van der Waals surface area contributed by atoms with E-state index in [9.17, 15) is 30.3 Å². The smallest absolute Gasteiger partial charge is 0.220 e. The highest BCUT2D eigenvalue weighted by molar-refractivity contribution is 5.76. The van der Waals surface area contributed by atoms with E-state index in [1.807, 2.05) is 18.2 Å². The topological polar surface area (TPSA) is 149 Å². The third-order valence-electron chi connectivity index (χ3n) is 6.61. The lowest BCUT2D eigenvalue weighted by molar-refractivity contribution is -0.302. The molecule has 0 aliphatic carbocycles. The van der Waals surface area contributed by atoms with Gasteiger partial charge in [0, 0.05) is 6.42 Å². The Morgan fingerprint density at radius 3 is 2.10 bits per heavy atom. The average Bonchev–Trinajstić information content (AvgIpc) is 2.97. The van der Waals surface area contributed by atoms with Crippen molar-refractivity contribution in [1.82, 2.24) is 5.32 Å². The molecule has 1 rings (SSSR count). The molecule has 1 fully saturated rings. The Hall–Kier alpha value is -2.11. The SMILES string of the molecule is CC/C=C\C/C=C\C/C=C\C/C=C\CCC(=O)NC(COC1OC(CO)C(O)C(O)C1O)C(O)/C=C/CCCCC. The van der Waals surface area contributed by atoms with E-state index >= 15 is 0 Å². The number of allylic oxidation sites excluding steroid dienone is 9. The second-order valence-corrected chi connectivity index (χ2v) is 10.2. The maximum Gasteiger partial charge on any atom is 0.220 e. The van der Waals surface area contributed by atoms with E-state index in [-0.39, 0.29) is 18.9 Å². The van der Waals surface area contributed by atoms with Crippen molar-refractivity contribution in [2.24, 2.45) is 0 Å². The van der Waals surface area contributed by atoms with Crippen LogP contribution in [0.25, 0.3) is 0 Å². The molecule has 6 N–H and O–H groups in total. The lowest BCUT2D eigenvalue weighted by Gasteiger charge is -2.40. The summed E-state index contributed by atoms with van der Waals surface area (Å²) >= 11 is 0. The molecular weight excluding hydrogens is 526 g/mol. The molecule has 7 unspecified atom stereocenters. The zero-order chi connectivity index (χ0) is 30.3.